The van der Waals surface area contributed by atoms with Crippen LogP contribution in [-0.4, -0.2) is 30.5 Å². The Kier molecular flexibility index (Phi) is 1.81. The van der Waals surface area contributed by atoms with Crippen molar-refractivity contribution in [1.82, 2.24) is 5.32 Å². The zero-order chi connectivity index (χ0) is 5.98. The normalized spacial score (nSPS) is 38.2. The fourth-order valence-electron chi connectivity index (χ4n) is 0.915. The van der Waals surface area contributed by atoms with Gasteiger partial charge >= 0.3 is 0 Å². The minimum atomic E-state index is -0.833. The van der Waals surface area contributed by atoms with Gasteiger partial charge in [-0.05, 0) is 13.0 Å². The summed E-state index contributed by atoms with van der Waals surface area (Å²) in [6, 6.07) is -0.296. The lowest BCUT2D eigenvalue weighted by Gasteiger charge is -2.06. The van der Waals surface area contributed by atoms with Crippen LogP contribution in [0.5, 0.6) is 0 Å². The molecule has 2 atom stereocenters. The van der Waals surface area contributed by atoms with E-state index in [0.29, 0.717) is 13.0 Å². The van der Waals surface area contributed by atoms with Gasteiger partial charge in [-0.25, -0.2) is 4.39 Å². The van der Waals surface area contributed by atoms with Gasteiger partial charge in [0.05, 0.1) is 12.6 Å². The molecule has 1 rings (SSSR count). The van der Waals surface area contributed by atoms with Crippen LogP contribution in [0.25, 0.3) is 0 Å². The highest BCUT2D eigenvalue weighted by Gasteiger charge is 2.24. The third-order valence-electron chi connectivity index (χ3n) is 1.46. The number of rotatable bonds is 1. The topological polar surface area (TPSA) is 32.3 Å². The van der Waals surface area contributed by atoms with Crippen molar-refractivity contribution in [3.63, 3.8) is 0 Å². The van der Waals surface area contributed by atoms with E-state index in [2.05, 4.69) is 5.32 Å². The Hall–Kier alpha value is -0.150. The van der Waals surface area contributed by atoms with E-state index in [1.54, 1.807) is 0 Å². The van der Waals surface area contributed by atoms with Crippen LogP contribution in [0, 0.1) is 0 Å². The van der Waals surface area contributed by atoms with Crippen molar-refractivity contribution in [2.24, 2.45) is 0 Å². The summed E-state index contributed by atoms with van der Waals surface area (Å²) in [6.45, 7) is 0.619. The maximum absolute atomic E-state index is 12.4. The first kappa shape index (κ1) is 5.98. The quantitative estimate of drug-likeness (QED) is 0.495. The Morgan fingerprint density at radius 2 is 2.50 bits per heavy atom. The molecule has 0 aromatic carbocycles. The molecule has 1 heterocycles. The Labute approximate surface area is 47.7 Å². The van der Waals surface area contributed by atoms with Crippen molar-refractivity contribution in [3.05, 3.63) is 0 Å². The Balaban J connectivity index is 2.30. The molecule has 0 saturated carbocycles. The van der Waals surface area contributed by atoms with Gasteiger partial charge in [0.15, 0.2) is 0 Å². The maximum Gasteiger partial charge on any atom is 0.119 e. The first-order valence-corrected chi connectivity index (χ1v) is 2.83. The third kappa shape index (κ3) is 0.980. The fraction of sp³-hybridized carbons (Fsp3) is 1.00. The summed E-state index contributed by atoms with van der Waals surface area (Å²) < 4.78 is 12.4. The van der Waals surface area contributed by atoms with Crippen LogP contribution < -0.4 is 5.32 Å². The predicted octanol–water partition coefficient (Wildman–Crippen LogP) is -0.321. The highest BCUT2D eigenvalue weighted by molar-refractivity contribution is 4.82. The van der Waals surface area contributed by atoms with E-state index < -0.39 is 6.17 Å². The van der Waals surface area contributed by atoms with E-state index in [-0.39, 0.29) is 12.6 Å². The van der Waals surface area contributed by atoms with Crippen molar-refractivity contribution in [2.75, 3.05) is 13.2 Å². The second kappa shape index (κ2) is 2.42. The van der Waals surface area contributed by atoms with Gasteiger partial charge in [0.2, 0.25) is 0 Å². The fourth-order valence-corrected chi connectivity index (χ4v) is 0.915. The van der Waals surface area contributed by atoms with Crippen LogP contribution in [-0.2, 0) is 0 Å². The molecule has 2 N–H and O–H groups in total. The minimum absolute atomic E-state index is 0.0822. The number of aliphatic hydroxyl groups excluding tert-OH is 1. The number of alkyl halides is 1. The molecule has 0 aromatic heterocycles. The van der Waals surface area contributed by atoms with E-state index >= 15 is 0 Å². The summed E-state index contributed by atoms with van der Waals surface area (Å²) in [7, 11) is 0. The highest BCUT2D eigenvalue weighted by Crippen LogP contribution is 2.09. The second-order valence-electron chi connectivity index (χ2n) is 2.05. The second-order valence-corrected chi connectivity index (χ2v) is 2.05. The summed E-state index contributed by atoms with van der Waals surface area (Å²) in [6.07, 6.45) is -0.286. The monoisotopic (exact) mass is 119 g/mol. The van der Waals surface area contributed by atoms with Crippen molar-refractivity contribution in [3.8, 4) is 0 Å². The van der Waals surface area contributed by atoms with Gasteiger partial charge < -0.3 is 10.4 Å². The number of hydrogen-bond donors (Lipinski definition) is 2. The van der Waals surface area contributed by atoms with E-state index in [4.69, 9.17) is 5.11 Å². The van der Waals surface area contributed by atoms with Gasteiger partial charge in [0, 0.05) is 0 Å². The molecule has 1 saturated heterocycles. The van der Waals surface area contributed by atoms with Crippen LogP contribution in [0.3, 0.4) is 0 Å². The molecule has 3 heteroatoms. The van der Waals surface area contributed by atoms with Crippen molar-refractivity contribution in [2.45, 2.75) is 18.6 Å². The van der Waals surface area contributed by atoms with E-state index in [0.717, 1.165) is 0 Å². The van der Waals surface area contributed by atoms with Gasteiger partial charge in [0.1, 0.15) is 6.17 Å². The van der Waals surface area contributed by atoms with E-state index in [1.165, 1.54) is 0 Å². The molecular weight excluding hydrogens is 109 g/mol. The lowest BCUT2D eigenvalue weighted by atomic mass is 10.2. The minimum Gasteiger partial charge on any atom is -0.395 e. The SMILES string of the molecule is OCC1NCCC1F. The standard InChI is InChI=1S/C5H10FNO/c6-4-1-2-7-5(4)3-8/h4-5,7-8H,1-3H2. The largest absolute Gasteiger partial charge is 0.395 e. The number of hydrogen-bond acceptors (Lipinski definition) is 2. The summed E-state index contributed by atoms with van der Waals surface area (Å²) in [5, 5.41) is 11.3. The van der Waals surface area contributed by atoms with Crippen LogP contribution in [0.2, 0.25) is 0 Å². The molecule has 0 aromatic rings. The smallest absolute Gasteiger partial charge is 0.119 e. The number of aliphatic hydroxyl groups is 1. The average molecular weight is 119 g/mol. The Bertz CT molecular complexity index is 78.8. The van der Waals surface area contributed by atoms with Crippen LogP contribution >= 0.6 is 0 Å². The van der Waals surface area contributed by atoms with E-state index in [1.807, 2.05) is 0 Å². The molecule has 8 heavy (non-hydrogen) atoms. The van der Waals surface area contributed by atoms with E-state index in [9.17, 15) is 4.39 Å². The van der Waals surface area contributed by atoms with Gasteiger partial charge in [-0.3, -0.25) is 0 Å². The van der Waals surface area contributed by atoms with Gasteiger partial charge in [-0.1, -0.05) is 0 Å². The molecule has 0 aliphatic carbocycles. The zero-order valence-corrected chi connectivity index (χ0v) is 4.60. The van der Waals surface area contributed by atoms with Crippen LogP contribution in [0.15, 0.2) is 0 Å². The zero-order valence-electron chi connectivity index (χ0n) is 4.60. The molecule has 0 spiro atoms. The van der Waals surface area contributed by atoms with Crippen molar-refractivity contribution >= 4 is 0 Å². The summed E-state index contributed by atoms with van der Waals surface area (Å²) in [5.74, 6) is 0. The summed E-state index contributed by atoms with van der Waals surface area (Å²) >= 11 is 0. The van der Waals surface area contributed by atoms with Gasteiger partial charge in [-0.2, -0.15) is 0 Å². The molecule has 48 valence electrons. The number of nitrogens with one attached hydrogen (secondary N) is 1. The van der Waals surface area contributed by atoms with Crippen molar-refractivity contribution in [1.29, 1.82) is 0 Å². The molecule has 0 radical (unpaired) electrons. The maximum atomic E-state index is 12.4. The lowest BCUT2D eigenvalue weighted by Crippen LogP contribution is -2.31. The van der Waals surface area contributed by atoms with Crippen LogP contribution in [0.4, 0.5) is 4.39 Å². The number of halogens is 1. The third-order valence-corrected chi connectivity index (χ3v) is 1.46. The first-order chi connectivity index (χ1) is 3.84. The molecule has 2 unspecified atom stereocenters. The Morgan fingerprint density at radius 1 is 1.75 bits per heavy atom. The summed E-state index contributed by atoms with van der Waals surface area (Å²) in [4.78, 5) is 0. The molecular formula is C5H10FNO. The average Bonchev–Trinajstić information content (AvgIpc) is 2.14. The molecule has 0 amide bonds. The molecule has 1 aliphatic heterocycles. The molecule has 1 aliphatic rings. The summed E-state index contributed by atoms with van der Waals surface area (Å²) in [5.41, 5.74) is 0. The molecule has 0 bridgehead atoms. The van der Waals surface area contributed by atoms with Gasteiger partial charge in [0.25, 0.3) is 0 Å². The molecule has 2 nitrogen and oxygen atoms in total. The molecule has 1 fully saturated rings. The van der Waals surface area contributed by atoms with Crippen LogP contribution in [0.1, 0.15) is 6.42 Å². The first-order valence-electron chi connectivity index (χ1n) is 2.83. The Morgan fingerprint density at radius 3 is 2.75 bits per heavy atom. The van der Waals surface area contributed by atoms with Crippen molar-refractivity contribution < 1.29 is 9.50 Å². The predicted molar refractivity (Wildman–Crippen MR) is 28.4 cm³/mol. The highest BCUT2D eigenvalue weighted by atomic mass is 19.1. The lowest BCUT2D eigenvalue weighted by molar-refractivity contribution is 0.196. The van der Waals surface area contributed by atoms with Gasteiger partial charge in [-0.15, -0.1) is 0 Å².